The number of benzene rings is 1. The lowest BCUT2D eigenvalue weighted by Crippen LogP contribution is -2.48. The Kier molecular flexibility index (Phi) is 9.25. The highest BCUT2D eigenvalue weighted by Crippen LogP contribution is 2.22. The average molecular weight is 409 g/mol. The molecule has 28 heavy (non-hydrogen) atoms. The van der Waals surface area contributed by atoms with Crippen molar-refractivity contribution in [1.82, 2.24) is 9.80 Å². The van der Waals surface area contributed by atoms with E-state index in [0.29, 0.717) is 11.9 Å². The Morgan fingerprint density at radius 1 is 1.18 bits per heavy atom. The topological polar surface area (TPSA) is 77.5 Å². The monoisotopic (exact) mass is 408 g/mol. The van der Waals surface area contributed by atoms with Crippen molar-refractivity contribution in [1.29, 1.82) is 0 Å². The van der Waals surface area contributed by atoms with Gasteiger partial charge in [0.15, 0.2) is 0 Å². The number of halogens is 1. The number of anilines is 1. The van der Waals surface area contributed by atoms with E-state index in [1.54, 1.807) is 4.90 Å². The minimum Gasteiger partial charge on any atom is -0.351 e. The van der Waals surface area contributed by atoms with Crippen LogP contribution in [0.15, 0.2) is 28.2 Å². The number of hydrogen-bond acceptors (Lipinski definition) is 4. The zero-order valence-corrected chi connectivity index (χ0v) is 18.4. The molecule has 7 nitrogen and oxygen atoms in total. The summed E-state index contributed by atoms with van der Waals surface area (Å²) in [5.74, 6) is 1.09. The van der Waals surface area contributed by atoms with Crippen molar-refractivity contribution in [3.05, 3.63) is 29.3 Å². The molecule has 0 saturated heterocycles. The fourth-order valence-corrected chi connectivity index (χ4v) is 3.16. The van der Waals surface area contributed by atoms with Gasteiger partial charge >= 0.3 is 6.03 Å². The van der Waals surface area contributed by atoms with E-state index in [1.165, 1.54) is 17.7 Å². The molecular weight excluding hydrogens is 376 g/mol. The summed E-state index contributed by atoms with van der Waals surface area (Å²) in [6.07, 6.45) is 4.55. The van der Waals surface area contributed by atoms with Gasteiger partial charge in [-0.15, -0.1) is 12.4 Å². The molecule has 2 amide bonds. The van der Waals surface area contributed by atoms with Gasteiger partial charge < -0.3 is 15.5 Å². The number of aliphatic imine (C=N–C) groups is 2. The summed E-state index contributed by atoms with van der Waals surface area (Å²) in [5.41, 5.74) is 8.58. The van der Waals surface area contributed by atoms with Crippen molar-refractivity contribution in [2.75, 3.05) is 39.1 Å². The van der Waals surface area contributed by atoms with Gasteiger partial charge in [0.05, 0.1) is 5.69 Å². The Bertz CT molecular complexity index is 731. The van der Waals surface area contributed by atoms with Gasteiger partial charge in [0.25, 0.3) is 0 Å². The van der Waals surface area contributed by atoms with E-state index in [-0.39, 0.29) is 12.4 Å². The Morgan fingerprint density at radius 3 is 2.46 bits per heavy atom. The molecule has 2 N–H and O–H groups in total. The predicted octanol–water partition coefficient (Wildman–Crippen LogP) is 3.39. The summed E-state index contributed by atoms with van der Waals surface area (Å²) in [5, 5.41) is 0. The smallest absolute Gasteiger partial charge is 0.326 e. The number of aryl methyl sites for hydroxylation is 2. The quantitative estimate of drug-likeness (QED) is 0.571. The molecule has 1 heterocycles. The maximum absolute atomic E-state index is 12.4. The Morgan fingerprint density at radius 2 is 1.86 bits per heavy atom. The number of amides is 2. The Balaban J connectivity index is 0.00000392. The number of carbonyl (C=O) groups is 1. The largest absolute Gasteiger partial charge is 0.351 e. The minimum atomic E-state index is -0.569. The Hall–Kier alpha value is -2.28. The first-order chi connectivity index (χ1) is 12.8. The molecule has 0 bridgehead atoms. The summed E-state index contributed by atoms with van der Waals surface area (Å²) >= 11 is 0. The maximum atomic E-state index is 12.4. The molecule has 1 aromatic carbocycles. The van der Waals surface area contributed by atoms with Crippen molar-refractivity contribution in [2.24, 2.45) is 15.7 Å². The molecule has 1 aromatic rings. The lowest BCUT2D eigenvalue weighted by atomic mass is 10.1. The van der Waals surface area contributed by atoms with Crippen LogP contribution in [0.1, 0.15) is 36.8 Å². The van der Waals surface area contributed by atoms with Crippen LogP contribution >= 0.6 is 12.4 Å². The van der Waals surface area contributed by atoms with E-state index in [1.807, 2.05) is 53.2 Å². The molecule has 2 rings (SSSR count). The number of carbonyl (C=O) groups excluding carboxylic acids is 1. The summed E-state index contributed by atoms with van der Waals surface area (Å²) in [6.45, 7) is 5.62. The summed E-state index contributed by atoms with van der Waals surface area (Å²) < 4.78 is 0. The average Bonchev–Trinajstić information content (AvgIpc) is 2.68. The van der Waals surface area contributed by atoms with Crippen LogP contribution in [-0.2, 0) is 0 Å². The summed E-state index contributed by atoms with van der Waals surface area (Å²) in [4.78, 5) is 27.1. The van der Waals surface area contributed by atoms with Crippen molar-refractivity contribution in [3.8, 4) is 0 Å². The van der Waals surface area contributed by atoms with E-state index in [9.17, 15) is 4.79 Å². The van der Waals surface area contributed by atoms with E-state index in [4.69, 9.17) is 10.7 Å². The minimum absolute atomic E-state index is 0. The number of hydrogen-bond donors (Lipinski definition) is 1. The number of primary amides is 1. The van der Waals surface area contributed by atoms with Gasteiger partial charge in [-0.1, -0.05) is 30.5 Å². The molecule has 8 heteroatoms. The van der Waals surface area contributed by atoms with Crippen LogP contribution in [0.3, 0.4) is 0 Å². The highest BCUT2D eigenvalue weighted by Gasteiger charge is 2.24. The van der Waals surface area contributed by atoms with Crippen LogP contribution in [0.2, 0.25) is 0 Å². The zero-order chi connectivity index (χ0) is 20.0. The fraction of sp³-hybridized carbons (Fsp3) is 0.550. The van der Waals surface area contributed by atoms with Crippen LogP contribution in [0, 0.1) is 13.8 Å². The van der Waals surface area contributed by atoms with Gasteiger partial charge in [0, 0.05) is 34.2 Å². The molecule has 156 valence electrons. The van der Waals surface area contributed by atoms with Crippen LogP contribution in [-0.4, -0.2) is 62.0 Å². The molecule has 0 radical (unpaired) electrons. The van der Waals surface area contributed by atoms with E-state index >= 15 is 0 Å². The van der Waals surface area contributed by atoms with E-state index in [2.05, 4.69) is 9.89 Å². The second kappa shape index (κ2) is 10.9. The first-order valence-electron chi connectivity index (χ1n) is 9.49. The molecular formula is C20H33ClN6O. The van der Waals surface area contributed by atoms with Crippen LogP contribution in [0.4, 0.5) is 10.5 Å². The number of nitrogens with two attached hydrogens (primary N) is 1. The zero-order valence-electron chi connectivity index (χ0n) is 17.6. The van der Waals surface area contributed by atoms with Crippen LogP contribution in [0.25, 0.3) is 0 Å². The van der Waals surface area contributed by atoms with Crippen molar-refractivity contribution in [2.45, 2.75) is 39.5 Å². The number of nitrogens with zero attached hydrogens (tertiary/aromatic N) is 5. The number of urea groups is 1. The third kappa shape index (κ3) is 6.12. The van der Waals surface area contributed by atoms with Crippen molar-refractivity contribution >= 4 is 36.0 Å². The second-order valence-electron chi connectivity index (χ2n) is 7.29. The third-order valence-corrected chi connectivity index (χ3v) is 4.61. The second-order valence-corrected chi connectivity index (χ2v) is 7.29. The first kappa shape index (κ1) is 23.8. The van der Waals surface area contributed by atoms with Gasteiger partial charge in [-0.3, -0.25) is 4.99 Å². The Labute approximate surface area is 174 Å². The lowest BCUT2D eigenvalue weighted by Gasteiger charge is -2.29. The normalized spacial score (nSPS) is 15.5. The van der Waals surface area contributed by atoms with E-state index in [0.717, 1.165) is 42.7 Å². The van der Waals surface area contributed by atoms with Crippen molar-refractivity contribution < 1.29 is 4.79 Å². The molecule has 0 atom stereocenters. The van der Waals surface area contributed by atoms with Gasteiger partial charge in [-0.2, -0.15) is 4.99 Å². The molecule has 0 unspecified atom stereocenters. The van der Waals surface area contributed by atoms with Gasteiger partial charge in [-0.05, 0) is 38.3 Å². The number of rotatable bonds is 1. The highest BCUT2D eigenvalue weighted by atomic mass is 35.5. The third-order valence-electron chi connectivity index (χ3n) is 4.61. The molecule has 1 aliphatic heterocycles. The summed E-state index contributed by atoms with van der Waals surface area (Å²) in [6, 6.07) is 5.33. The van der Waals surface area contributed by atoms with Crippen LogP contribution in [0.5, 0.6) is 0 Å². The van der Waals surface area contributed by atoms with Gasteiger partial charge in [-0.25, -0.2) is 9.69 Å². The fourth-order valence-electron chi connectivity index (χ4n) is 3.16. The predicted molar refractivity (Wildman–Crippen MR) is 120 cm³/mol. The number of guanidine groups is 2. The first-order valence-corrected chi connectivity index (χ1v) is 9.49. The molecule has 0 aliphatic carbocycles. The highest BCUT2D eigenvalue weighted by molar-refractivity contribution is 6.17. The van der Waals surface area contributed by atoms with Gasteiger partial charge in [0.2, 0.25) is 11.9 Å². The molecule has 0 aromatic heterocycles. The maximum Gasteiger partial charge on any atom is 0.326 e. The van der Waals surface area contributed by atoms with Crippen LogP contribution < -0.4 is 10.6 Å². The van der Waals surface area contributed by atoms with E-state index < -0.39 is 6.03 Å². The lowest BCUT2D eigenvalue weighted by molar-refractivity contribution is 0.256. The molecule has 0 fully saturated rings. The molecule has 0 spiro atoms. The van der Waals surface area contributed by atoms with Gasteiger partial charge in [0.1, 0.15) is 0 Å². The molecule has 1 aliphatic rings. The summed E-state index contributed by atoms with van der Waals surface area (Å²) in [7, 11) is 5.70. The standard InChI is InChI=1S/C20H32N6O.ClH/c1-15-10-11-17(16(2)14-15)26(18(21)27)20(24(3)4)23-19-22-12-8-6-7-9-13-25(19)5;/h10-11,14H,6-9,12-13H2,1-5H3,(H2,21,27);1H/b22-19?,23-20+;. The van der Waals surface area contributed by atoms with Crippen molar-refractivity contribution in [3.63, 3.8) is 0 Å². The molecule has 0 saturated carbocycles. The SMILES string of the molecule is Cc1ccc(N(C(N)=O)/C(=N/C2=NCCCCCCN2C)N(C)C)c(C)c1.Cl.